The molecule has 0 saturated carbocycles. The van der Waals surface area contributed by atoms with Crippen LogP contribution in [0.5, 0.6) is 0 Å². The van der Waals surface area contributed by atoms with Gasteiger partial charge in [-0.2, -0.15) is 5.10 Å². The third kappa shape index (κ3) is 3.87. The Labute approximate surface area is 54.1 Å². The molecule has 0 radical (unpaired) electrons. The Morgan fingerprint density at radius 3 is 2.75 bits per heavy atom. The number of rotatable bonds is 2. The SMILES string of the molecule is C=N/N=C(/C)SCC. The minimum atomic E-state index is 0.975. The van der Waals surface area contributed by atoms with Gasteiger partial charge in [0.15, 0.2) is 0 Å². The van der Waals surface area contributed by atoms with Gasteiger partial charge in [0.1, 0.15) is 0 Å². The summed E-state index contributed by atoms with van der Waals surface area (Å²) in [5.74, 6) is 1.05. The van der Waals surface area contributed by atoms with Crippen molar-refractivity contribution in [1.29, 1.82) is 0 Å². The Kier molecular flexibility index (Phi) is 4.65. The Morgan fingerprint density at radius 1 is 1.75 bits per heavy atom. The average Bonchev–Trinajstić information content (AvgIpc) is 1.68. The van der Waals surface area contributed by atoms with E-state index in [1.165, 1.54) is 0 Å². The monoisotopic (exact) mass is 130 g/mol. The summed E-state index contributed by atoms with van der Waals surface area (Å²) in [6.07, 6.45) is 0. The van der Waals surface area contributed by atoms with E-state index in [1.54, 1.807) is 11.8 Å². The van der Waals surface area contributed by atoms with Crippen LogP contribution in [0.3, 0.4) is 0 Å². The van der Waals surface area contributed by atoms with Gasteiger partial charge in [-0.05, 0) is 12.7 Å². The molecule has 3 heteroatoms. The normalized spacial score (nSPS) is 11.5. The first-order valence-corrected chi connectivity index (χ1v) is 3.43. The number of hydrogen-bond acceptors (Lipinski definition) is 3. The van der Waals surface area contributed by atoms with Crippen LogP contribution >= 0.6 is 11.8 Å². The summed E-state index contributed by atoms with van der Waals surface area (Å²) in [5, 5.41) is 8.05. The molecule has 0 saturated heterocycles. The molecule has 0 amide bonds. The van der Waals surface area contributed by atoms with E-state index in [-0.39, 0.29) is 0 Å². The lowest BCUT2D eigenvalue weighted by molar-refractivity contribution is 1.27. The van der Waals surface area contributed by atoms with Crippen molar-refractivity contribution in [3.05, 3.63) is 0 Å². The molecule has 2 nitrogen and oxygen atoms in total. The molecule has 0 bridgehead atoms. The van der Waals surface area contributed by atoms with Gasteiger partial charge in [-0.3, -0.25) is 0 Å². The summed E-state index contributed by atoms with van der Waals surface area (Å²) >= 11 is 1.67. The maximum atomic E-state index is 3.71. The van der Waals surface area contributed by atoms with E-state index < -0.39 is 0 Å². The van der Waals surface area contributed by atoms with Crippen molar-refractivity contribution >= 4 is 23.5 Å². The quantitative estimate of drug-likeness (QED) is 0.317. The molecule has 0 heterocycles. The zero-order valence-electron chi connectivity index (χ0n) is 5.22. The molecule has 0 aliphatic carbocycles. The maximum absolute atomic E-state index is 3.71. The predicted octanol–water partition coefficient (Wildman–Crippen LogP) is 1.77. The summed E-state index contributed by atoms with van der Waals surface area (Å²) in [7, 11) is 0. The lowest BCUT2D eigenvalue weighted by Crippen LogP contribution is -1.80. The van der Waals surface area contributed by atoms with E-state index >= 15 is 0 Å². The molecule has 0 spiro atoms. The van der Waals surface area contributed by atoms with Crippen molar-refractivity contribution < 1.29 is 0 Å². The third-order valence-electron chi connectivity index (χ3n) is 0.565. The van der Waals surface area contributed by atoms with Gasteiger partial charge in [0.25, 0.3) is 0 Å². The van der Waals surface area contributed by atoms with Crippen LogP contribution in [0.2, 0.25) is 0 Å². The lowest BCUT2D eigenvalue weighted by atomic mass is 10.9. The zero-order valence-corrected chi connectivity index (χ0v) is 6.03. The fourth-order valence-corrected chi connectivity index (χ4v) is 0.871. The first kappa shape index (κ1) is 7.69. The Hall–Kier alpha value is -0.310. The van der Waals surface area contributed by atoms with E-state index in [4.69, 9.17) is 0 Å². The van der Waals surface area contributed by atoms with Gasteiger partial charge < -0.3 is 0 Å². The topological polar surface area (TPSA) is 24.7 Å². The predicted molar refractivity (Wildman–Crippen MR) is 40.8 cm³/mol. The van der Waals surface area contributed by atoms with Crippen LogP contribution in [0.15, 0.2) is 10.2 Å². The van der Waals surface area contributed by atoms with E-state index in [1.807, 2.05) is 6.92 Å². The highest BCUT2D eigenvalue weighted by atomic mass is 32.2. The molecule has 0 N–H and O–H groups in total. The summed E-state index contributed by atoms with van der Waals surface area (Å²) in [5.41, 5.74) is 0. The van der Waals surface area contributed by atoms with E-state index in [9.17, 15) is 0 Å². The Balaban J connectivity index is 3.44. The van der Waals surface area contributed by atoms with Crippen LogP contribution in [-0.4, -0.2) is 17.5 Å². The first-order chi connectivity index (χ1) is 3.81. The minimum absolute atomic E-state index is 0.975. The highest BCUT2D eigenvalue weighted by Gasteiger charge is 1.84. The van der Waals surface area contributed by atoms with Gasteiger partial charge in [-0.15, -0.1) is 16.9 Å². The van der Waals surface area contributed by atoms with E-state index in [2.05, 4.69) is 23.8 Å². The molecule has 8 heavy (non-hydrogen) atoms. The van der Waals surface area contributed by atoms with Crippen molar-refractivity contribution in [2.45, 2.75) is 13.8 Å². The molecule has 0 fully saturated rings. The molecular formula is C5H10N2S. The molecule has 0 atom stereocenters. The molecule has 0 rings (SSSR count). The largest absolute Gasteiger partial charge is 0.166 e. The van der Waals surface area contributed by atoms with Crippen LogP contribution < -0.4 is 0 Å². The zero-order chi connectivity index (χ0) is 6.41. The second-order valence-electron chi connectivity index (χ2n) is 1.19. The smallest absolute Gasteiger partial charge is 0.0927 e. The lowest BCUT2D eigenvalue weighted by Gasteiger charge is -1.89. The number of nitrogens with zero attached hydrogens (tertiary/aromatic N) is 2. The Morgan fingerprint density at radius 2 is 2.38 bits per heavy atom. The van der Waals surface area contributed by atoms with Crippen LogP contribution in [0.4, 0.5) is 0 Å². The molecular weight excluding hydrogens is 120 g/mol. The Bertz CT molecular complexity index is 98.6. The van der Waals surface area contributed by atoms with Gasteiger partial charge in [0.2, 0.25) is 0 Å². The summed E-state index contributed by atoms with van der Waals surface area (Å²) < 4.78 is 0. The second kappa shape index (κ2) is 4.84. The van der Waals surface area contributed by atoms with E-state index in [0.717, 1.165) is 10.8 Å². The van der Waals surface area contributed by atoms with Gasteiger partial charge in [0.05, 0.1) is 5.04 Å². The fraction of sp³-hybridized carbons (Fsp3) is 0.600. The molecule has 0 aromatic carbocycles. The van der Waals surface area contributed by atoms with Crippen molar-refractivity contribution in [3.63, 3.8) is 0 Å². The highest BCUT2D eigenvalue weighted by Crippen LogP contribution is 2.01. The average molecular weight is 130 g/mol. The summed E-state index contributed by atoms with van der Waals surface area (Å²) in [4.78, 5) is 0. The molecule has 0 unspecified atom stereocenters. The van der Waals surface area contributed by atoms with Crippen LogP contribution in [0, 0.1) is 0 Å². The molecule has 0 aliphatic rings. The number of thioether (sulfide) groups is 1. The third-order valence-corrected chi connectivity index (χ3v) is 1.35. The molecule has 0 aromatic rings. The van der Waals surface area contributed by atoms with E-state index in [0.29, 0.717) is 0 Å². The van der Waals surface area contributed by atoms with Crippen molar-refractivity contribution in [2.75, 3.05) is 5.75 Å². The second-order valence-corrected chi connectivity index (χ2v) is 2.65. The van der Waals surface area contributed by atoms with Gasteiger partial charge in [-0.25, -0.2) is 0 Å². The van der Waals surface area contributed by atoms with Gasteiger partial charge in [-0.1, -0.05) is 6.92 Å². The molecule has 0 aliphatic heterocycles. The first-order valence-electron chi connectivity index (χ1n) is 2.44. The van der Waals surface area contributed by atoms with Crippen molar-refractivity contribution in [3.8, 4) is 0 Å². The van der Waals surface area contributed by atoms with Gasteiger partial charge in [0, 0.05) is 6.72 Å². The van der Waals surface area contributed by atoms with Crippen molar-refractivity contribution in [2.24, 2.45) is 10.2 Å². The molecule has 46 valence electrons. The summed E-state index contributed by atoms with van der Waals surface area (Å²) in [6.45, 7) is 7.23. The van der Waals surface area contributed by atoms with Crippen molar-refractivity contribution in [1.82, 2.24) is 0 Å². The minimum Gasteiger partial charge on any atom is -0.166 e. The standard InChI is InChI=1S/C5H10N2S/c1-4-8-5(2)7-6-3/h3-4H2,1-2H3/b7-5-. The van der Waals surface area contributed by atoms with Gasteiger partial charge >= 0.3 is 0 Å². The highest BCUT2D eigenvalue weighted by molar-refractivity contribution is 8.13. The maximum Gasteiger partial charge on any atom is 0.0927 e. The fourth-order valence-electron chi connectivity index (χ4n) is 0.337. The van der Waals surface area contributed by atoms with Crippen LogP contribution in [-0.2, 0) is 0 Å². The van der Waals surface area contributed by atoms with Crippen LogP contribution in [0.25, 0.3) is 0 Å². The summed E-state index contributed by atoms with van der Waals surface area (Å²) in [6, 6.07) is 0. The number of hydrogen-bond donors (Lipinski definition) is 0. The van der Waals surface area contributed by atoms with Crippen LogP contribution in [0.1, 0.15) is 13.8 Å². The molecule has 0 aromatic heterocycles.